The van der Waals surface area contributed by atoms with Crippen molar-refractivity contribution in [1.82, 2.24) is 0 Å². The highest BCUT2D eigenvalue weighted by atomic mass is 16.6. The van der Waals surface area contributed by atoms with Gasteiger partial charge in [0.05, 0.1) is 4.92 Å². The van der Waals surface area contributed by atoms with Crippen molar-refractivity contribution in [3.05, 3.63) is 51.7 Å². The van der Waals surface area contributed by atoms with E-state index in [0.29, 0.717) is 11.3 Å². The van der Waals surface area contributed by atoms with Crippen LogP contribution in [0.4, 0.5) is 5.69 Å². The van der Waals surface area contributed by atoms with Crippen LogP contribution in [0, 0.1) is 10.1 Å². The number of ketones is 1. The van der Waals surface area contributed by atoms with E-state index in [9.17, 15) is 14.9 Å². The molecule has 2 N–H and O–H groups in total. The second-order valence-corrected chi connectivity index (χ2v) is 4.48. The SMILES string of the molecule is COC(C)(C)C(N)=CC(=O)c1ccc([N+](=O)[O-])cc1. The molecule has 0 heterocycles. The van der Waals surface area contributed by atoms with Crippen molar-refractivity contribution >= 4 is 11.5 Å². The van der Waals surface area contributed by atoms with Crippen LogP contribution < -0.4 is 5.73 Å². The number of nitrogens with zero attached hydrogens (tertiary/aromatic N) is 1. The highest BCUT2D eigenvalue weighted by Gasteiger charge is 2.21. The lowest BCUT2D eigenvalue weighted by Crippen LogP contribution is -2.31. The number of benzene rings is 1. The van der Waals surface area contributed by atoms with Crippen LogP contribution in [0.5, 0.6) is 0 Å². The number of carbonyl (C=O) groups excluding carboxylic acids is 1. The van der Waals surface area contributed by atoms with Crippen LogP contribution in [0.15, 0.2) is 36.0 Å². The molecule has 0 fully saturated rings. The van der Waals surface area contributed by atoms with Crippen molar-refractivity contribution in [2.45, 2.75) is 19.4 Å². The normalized spacial score (nSPS) is 12.3. The molecule has 0 aliphatic heterocycles. The van der Waals surface area contributed by atoms with Gasteiger partial charge in [-0.3, -0.25) is 14.9 Å². The molecule has 0 saturated heterocycles. The van der Waals surface area contributed by atoms with Gasteiger partial charge in [0, 0.05) is 36.6 Å². The quantitative estimate of drug-likeness (QED) is 0.380. The van der Waals surface area contributed by atoms with E-state index in [1.165, 1.54) is 37.5 Å². The summed E-state index contributed by atoms with van der Waals surface area (Å²) in [6.45, 7) is 3.48. The molecule has 19 heavy (non-hydrogen) atoms. The zero-order valence-corrected chi connectivity index (χ0v) is 11.0. The van der Waals surface area contributed by atoms with Crippen LogP contribution in [-0.2, 0) is 4.74 Å². The Labute approximate surface area is 111 Å². The largest absolute Gasteiger partial charge is 0.400 e. The topological polar surface area (TPSA) is 95.5 Å². The maximum atomic E-state index is 11.9. The van der Waals surface area contributed by atoms with Crippen LogP contribution in [0.2, 0.25) is 0 Å². The Balaban J connectivity index is 2.96. The van der Waals surface area contributed by atoms with Crippen LogP contribution in [0.3, 0.4) is 0 Å². The van der Waals surface area contributed by atoms with Gasteiger partial charge < -0.3 is 10.5 Å². The van der Waals surface area contributed by atoms with E-state index in [4.69, 9.17) is 10.5 Å². The van der Waals surface area contributed by atoms with E-state index < -0.39 is 10.5 Å². The van der Waals surface area contributed by atoms with E-state index >= 15 is 0 Å². The third-order valence-electron chi connectivity index (χ3n) is 2.85. The molecule has 0 saturated carbocycles. The first-order valence-corrected chi connectivity index (χ1v) is 5.59. The van der Waals surface area contributed by atoms with Crippen LogP contribution in [-0.4, -0.2) is 23.4 Å². The van der Waals surface area contributed by atoms with E-state index in [0.717, 1.165) is 0 Å². The number of nitro benzene ring substituents is 1. The van der Waals surface area contributed by atoms with Crippen molar-refractivity contribution in [2.24, 2.45) is 5.73 Å². The molecule has 0 amide bonds. The minimum absolute atomic E-state index is 0.0641. The number of non-ortho nitro benzene ring substituents is 1. The first-order valence-electron chi connectivity index (χ1n) is 5.59. The third kappa shape index (κ3) is 3.62. The number of rotatable bonds is 5. The number of hydrogen-bond acceptors (Lipinski definition) is 5. The molecular formula is C13H16N2O4. The molecule has 0 atom stereocenters. The Hall–Kier alpha value is -2.21. The lowest BCUT2D eigenvalue weighted by molar-refractivity contribution is -0.384. The molecule has 0 aromatic heterocycles. The van der Waals surface area contributed by atoms with Gasteiger partial charge in [-0.2, -0.15) is 0 Å². The molecule has 1 rings (SSSR count). The number of hydrogen-bond donors (Lipinski definition) is 1. The predicted molar refractivity (Wildman–Crippen MR) is 70.8 cm³/mol. The number of ether oxygens (including phenoxy) is 1. The Kier molecular flexibility index (Phi) is 4.39. The summed E-state index contributed by atoms with van der Waals surface area (Å²) in [5.74, 6) is -0.322. The molecule has 6 heteroatoms. The van der Waals surface area contributed by atoms with Crippen LogP contribution >= 0.6 is 0 Å². The van der Waals surface area contributed by atoms with Gasteiger partial charge in [-0.25, -0.2) is 0 Å². The summed E-state index contributed by atoms with van der Waals surface area (Å²) in [4.78, 5) is 21.9. The molecule has 1 aromatic carbocycles. The lowest BCUT2D eigenvalue weighted by Gasteiger charge is -2.23. The maximum absolute atomic E-state index is 11.9. The first-order chi connectivity index (χ1) is 8.77. The van der Waals surface area contributed by atoms with Gasteiger partial charge in [0.1, 0.15) is 5.60 Å². The zero-order valence-electron chi connectivity index (χ0n) is 11.0. The third-order valence-corrected chi connectivity index (χ3v) is 2.85. The Morgan fingerprint density at radius 3 is 2.32 bits per heavy atom. The summed E-state index contributed by atoms with van der Waals surface area (Å²) in [5, 5.41) is 10.5. The summed E-state index contributed by atoms with van der Waals surface area (Å²) in [6.07, 6.45) is 1.27. The van der Waals surface area contributed by atoms with Crippen LogP contribution in [0.1, 0.15) is 24.2 Å². The molecule has 0 spiro atoms. The standard InChI is InChI=1S/C13H16N2O4/c1-13(2,19-3)12(14)8-11(16)9-4-6-10(7-5-9)15(17)18/h4-8H,14H2,1-3H3. The molecule has 1 aromatic rings. The van der Waals surface area contributed by atoms with E-state index in [2.05, 4.69) is 0 Å². The minimum Gasteiger partial charge on any atom is -0.400 e. The van der Waals surface area contributed by atoms with Crippen molar-refractivity contribution in [3.63, 3.8) is 0 Å². The number of nitro groups is 1. The molecular weight excluding hydrogens is 248 g/mol. The highest BCUT2D eigenvalue weighted by Crippen LogP contribution is 2.17. The zero-order chi connectivity index (χ0) is 14.6. The second-order valence-electron chi connectivity index (χ2n) is 4.48. The second kappa shape index (κ2) is 5.62. The highest BCUT2D eigenvalue weighted by molar-refractivity contribution is 6.05. The number of methoxy groups -OCH3 is 1. The number of allylic oxidation sites excluding steroid dienone is 1. The molecule has 0 unspecified atom stereocenters. The maximum Gasteiger partial charge on any atom is 0.269 e. The fourth-order valence-electron chi connectivity index (χ4n) is 1.26. The molecule has 0 aliphatic carbocycles. The first kappa shape index (κ1) is 14.8. The number of nitrogens with two attached hydrogens (primary N) is 1. The van der Waals surface area contributed by atoms with Gasteiger partial charge in [0.15, 0.2) is 5.78 Å². The van der Waals surface area contributed by atoms with Crippen molar-refractivity contribution in [1.29, 1.82) is 0 Å². The van der Waals surface area contributed by atoms with Gasteiger partial charge >= 0.3 is 0 Å². The predicted octanol–water partition coefficient (Wildman–Crippen LogP) is 2.05. The Bertz CT molecular complexity index is 518. The molecule has 0 aliphatic rings. The van der Waals surface area contributed by atoms with Crippen LogP contribution in [0.25, 0.3) is 0 Å². The minimum atomic E-state index is -0.740. The van der Waals surface area contributed by atoms with Crippen molar-refractivity contribution < 1.29 is 14.5 Å². The molecule has 102 valence electrons. The van der Waals surface area contributed by atoms with E-state index in [-0.39, 0.29) is 11.5 Å². The van der Waals surface area contributed by atoms with Gasteiger partial charge in [0.25, 0.3) is 5.69 Å². The molecule has 0 bridgehead atoms. The monoisotopic (exact) mass is 264 g/mol. The average molecular weight is 264 g/mol. The number of carbonyl (C=O) groups is 1. The van der Waals surface area contributed by atoms with Crippen molar-refractivity contribution in [2.75, 3.05) is 7.11 Å². The molecule has 6 nitrogen and oxygen atoms in total. The van der Waals surface area contributed by atoms with E-state index in [1.54, 1.807) is 13.8 Å². The summed E-state index contributed by atoms with van der Waals surface area (Å²) in [5.41, 5.74) is 5.61. The summed E-state index contributed by atoms with van der Waals surface area (Å²) in [6, 6.07) is 5.34. The summed E-state index contributed by atoms with van der Waals surface area (Å²) in [7, 11) is 1.50. The smallest absolute Gasteiger partial charge is 0.269 e. The lowest BCUT2D eigenvalue weighted by atomic mass is 10.0. The Morgan fingerprint density at radius 1 is 1.37 bits per heavy atom. The average Bonchev–Trinajstić information content (AvgIpc) is 2.38. The van der Waals surface area contributed by atoms with Gasteiger partial charge in [0.2, 0.25) is 0 Å². The van der Waals surface area contributed by atoms with Crippen molar-refractivity contribution in [3.8, 4) is 0 Å². The fourth-order valence-corrected chi connectivity index (χ4v) is 1.26. The summed E-state index contributed by atoms with van der Waals surface area (Å²) >= 11 is 0. The molecule has 0 radical (unpaired) electrons. The van der Waals surface area contributed by atoms with E-state index in [1.807, 2.05) is 0 Å². The van der Waals surface area contributed by atoms with Gasteiger partial charge in [-0.15, -0.1) is 0 Å². The van der Waals surface area contributed by atoms with Gasteiger partial charge in [-0.1, -0.05) is 0 Å². The summed E-state index contributed by atoms with van der Waals surface area (Å²) < 4.78 is 5.15. The van der Waals surface area contributed by atoms with Gasteiger partial charge in [-0.05, 0) is 26.0 Å². The Morgan fingerprint density at radius 2 is 1.89 bits per heavy atom. The fraction of sp³-hybridized carbons (Fsp3) is 0.308.